The van der Waals surface area contributed by atoms with Crippen molar-refractivity contribution in [1.29, 1.82) is 0 Å². The van der Waals surface area contributed by atoms with Crippen LogP contribution in [0.3, 0.4) is 0 Å². The summed E-state index contributed by atoms with van der Waals surface area (Å²) in [6.07, 6.45) is 6.13. The minimum absolute atomic E-state index is 0.208. The van der Waals surface area contributed by atoms with Gasteiger partial charge in [0.1, 0.15) is 5.82 Å². The summed E-state index contributed by atoms with van der Waals surface area (Å²) < 4.78 is 2.31. The van der Waals surface area contributed by atoms with E-state index >= 15 is 0 Å². The van der Waals surface area contributed by atoms with Crippen LogP contribution in [0, 0.1) is 6.92 Å². The highest BCUT2D eigenvalue weighted by Gasteiger charge is 2.32. The predicted molar refractivity (Wildman–Crippen MR) is 123 cm³/mol. The summed E-state index contributed by atoms with van der Waals surface area (Å²) in [4.78, 5) is 15.5. The minimum Gasteiger partial charge on any atom is -0.368 e. The van der Waals surface area contributed by atoms with Gasteiger partial charge in [0, 0.05) is 24.8 Å². The second-order valence-electron chi connectivity index (χ2n) is 8.09. The zero-order chi connectivity index (χ0) is 21.2. The van der Waals surface area contributed by atoms with Crippen LogP contribution in [0.1, 0.15) is 49.5 Å². The Kier molecular flexibility index (Phi) is 5.63. The number of thioether (sulfide) groups is 1. The van der Waals surface area contributed by atoms with E-state index in [1.165, 1.54) is 32.1 Å². The van der Waals surface area contributed by atoms with Gasteiger partial charge in [0.2, 0.25) is 17.8 Å². The van der Waals surface area contributed by atoms with Crippen molar-refractivity contribution in [3.05, 3.63) is 35.7 Å². The lowest BCUT2D eigenvalue weighted by Gasteiger charge is -2.27. The number of hydrogen-bond donors (Lipinski definition) is 2. The van der Waals surface area contributed by atoms with Gasteiger partial charge in [-0.15, -0.1) is 10.2 Å². The number of benzene rings is 1. The van der Waals surface area contributed by atoms with Gasteiger partial charge in [-0.25, -0.2) is 0 Å². The first-order chi connectivity index (χ1) is 15.2. The maximum atomic E-state index is 5.96. The fourth-order valence-electron chi connectivity index (χ4n) is 3.85. The summed E-state index contributed by atoms with van der Waals surface area (Å²) in [6, 6.07) is 8.51. The van der Waals surface area contributed by atoms with E-state index in [2.05, 4.69) is 39.9 Å². The lowest BCUT2D eigenvalue weighted by Crippen LogP contribution is -2.31. The molecule has 3 aromatic rings. The number of rotatable bonds is 7. The van der Waals surface area contributed by atoms with Crippen LogP contribution in [-0.4, -0.2) is 42.8 Å². The van der Waals surface area contributed by atoms with Crippen molar-refractivity contribution in [1.82, 2.24) is 29.7 Å². The highest BCUT2D eigenvalue weighted by Crippen LogP contribution is 2.41. The van der Waals surface area contributed by atoms with Crippen LogP contribution in [0.25, 0.3) is 0 Å². The first-order valence-electron chi connectivity index (χ1n) is 10.8. The fraction of sp³-hybridized carbons (Fsp3) is 0.476. The lowest BCUT2D eigenvalue weighted by molar-refractivity contribution is 0.548. The first kappa shape index (κ1) is 20.0. The number of piperidine rings is 1. The van der Waals surface area contributed by atoms with Gasteiger partial charge in [0.05, 0.1) is 5.75 Å². The van der Waals surface area contributed by atoms with Crippen LogP contribution in [0.4, 0.5) is 23.5 Å². The molecule has 0 spiro atoms. The molecule has 2 aliphatic rings. The third-order valence-corrected chi connectivity index (χ3v) is 6.56. The van der Waals surface area contributed by atoms with Gasteiger partial charge in [-0.3, -0.25) is 4.57 Å². The summed E-state index contributed by atoms with van der Waals surface area (Å²) in [5, 5.41) is 13.2. The molecule has 10 heteroatoms. The third kappa shape index (κ3) is 4.58. The Labute approximate surface area is 185 Å². The summed E-state index contributed by atoms with van der Waals surface area (Å²) in [5.74, 6) is 2.86. The number of nitrogen functional groups attached to an aromatic ring is 1. The van der Waals surface area contributed by atoms with E-state index in [9.17, 15) is 0 Å². The maximum Gasteiger partial charge on any atom is 0.232 e. The number of aryl methyl sites for hydroxylation is 1. The highest BCUT2D eigenvalue weighted by atomic mass is 32.2. The number of para-hydroxylation sites is 1. The second-order valence-corrected chi connectivity index (χ2v) is 9.04. The average molecular weight is 438 g/mol. The van der Waals surface area contributed by atoms with Crippen LogP contribution >= 0.6 is 11.8 Å². The molecule has 2 aromatic heterocycles. The van der Waals surface area contributed by atoms with Gasteiger partial charge in [-0.05, 0) is 50.7 Å². The standard InChI is InChI=1S/C21H27N9S/c1-14-7-3-4-8-16(14)23-19-25-17(24-18(22)26-19)13-31-21-28-27-20(30(21)15-9-10-15)29-11-5-2-6-12-29/h3-4,7-8,15H,2,5-6,9-13H2,1H3,(H3,22,23,24,25,26). The Morgan fingerprint density at radius 2 is 1.87 bits per heavy atom. The molecule has 0 atom stereocenters. The van der Waals surface area contributed by atoms with Crippen molar-refractivity contribution >= 4 is 35.3 Å². The first-order valence-corrected chi connectivity index (χ1v) is 11.8. The molecule has 0 bridgehead atoms. The molecule has 3 heterocycles. The molecular weight excluding hydrogens is 410 g/mol. The highest BCUT2D eigenvalue weighted by molar-refractivity contribution is 7.98. The van der Waals surface area contributed by atoms with E-state index < -0.39 is 0 Å². The Balaban J connectivity index is 1.33. The molecule has 9 nitrogen and oxygen atoms in total. The van der Waals surface area contributed by atoms with E-state index in [1.807, 2.05) is 31.2 Å². The summed E-state index contributed by atoms with van der Waals surface area (Å²) in [7, 11) is 0. The van der Waals surface area contributed by atoms with Crippen molar-refractivity contribution < 1.29 is 0 Å². The smallest absolute Gasteiger partial charge is 0.232 e. The van der Waals surface area contributed by atoms with Crippen molar-refractivity contribution in [3.8, 4) is 0 Å². The van der Waals surface area contributed by atoms with E-state index in [0.717, 1.165) is 35.4 Å². The van der Waals surface area contributed by atoms with Crippen LogP contribution in [-0.2, 0) is 5.75 Å². The van der Waals surface area contributed by atoms with Crippen LogP contribution in [0.15, 0.2) is 29.4 Å². The molecule has 1 saturated carbocycles. The van der Waals surface area contributed by atoms with Gasteiger partial charge in [-0.1, -0.05) is 30.0 Å². The summed E-state index contributed by atoms with van der Waals surface area (Å²) in [6.45, 7) is 4.16. The fourth-order valence-corrected chi connectivity index (χ4v) is 4.71. The molecule has 2 fully saturated rings. The number of hydrogen-bond acceptors (Lipinski definition) is 9. The molecule has 1 aliphatic carbocycles. The van der Waals surface area contributed by atoms with E-state index in [1.54, 1.807) is 11.8 Å². The Bertz CT molecular complexity index is 1060. The normalized spacial score (nSPS) is 16.5. The zero-order valence-corrected chi connectivity index (χ0v) is 18.5. The average Bonchev–Trinajstić information content (AvgIpc) is 3.53. The van der Waals surface area contributed by atoms with Crippen molar-refractivity contribution in [2.45, 2.75) is 56.0 Å². The quantitative estimate of drug-likeness (QED) is 0.534. The molecule has 0 radical (unpaired) electrons. The van der Waals surface area contributed by atoms with Gasteiger partial charge < -0.3 is 16.0 Å². The lowest BCUT2D eigenvalue weighted by atomic mass is 10.1. The molecule has 162 valence electrons. The van der Waals surface area contributed by atoms with Crippen LogP contribution in [0.2, 0.25) is 0 Å². The van der Waals surface area contributed by atoms with Gasteiger partial charge >= 0.3 is 0 Å². The molecule has 1 aliphatic heterocycles. The number of nitrogens with zero attached hydrogens (tertiary/aromatic N) is 7. The van der Waals surface area contributed by atoms with Gasteiger partial charge in [0.15, 0.2) is 5.16 Å². The summed E-state index contributed by atoms with van der Waals surface area (Å²) in [5.41, 5.74) is 8.02. The SMILES string of the molecule is Cc1ccccc1Nc1nc(N)nc(CSc2nnc(N3CCCCC3)n2C2CC2)n1. The second kappa shape index (κ2) is 8.70. The Morgan fingerprint density at radius 3 is 2.65 bits per heavy atom. The minimum atomic E-state index is 0.208. The molecule has 31 heavy (non-hydrogen) atoms. The van der Waals surface area contributed by atoms with Gasteiger partial charge in [-0.2, -0.15) is 15.0 Å². The number of aromatic nitrogens is 6. The number of anilines is 4. The van der Waals surface area contributed by atoms with Crippen LogP contribution < -0.4 is 16.0 Å². The predicted octanol–water partition coefficient (Wildman–Crippen LogP) is 3.71. The molecule has 1 saturated heterocycles. The van der Waals surface area contributed by atoms with Gasteiger partial charge in [0.25, 0.3) is 0 Å². The largest absolute Gasteiger partial charge is 0.368 e. The molecular formula is C21H27N9S. The Morgan fingerprint density at radius 1 is 1.06 bits per heavy atom. The third-order valence-electron chi connectivity index (χ3n) is 5.62. The molecule has 5 rings (SSSR count). The number of nitrogens with one attached hydrogen (secondary N) is 1. The molecule has 3 N–H and O–H groups in total. The Hall–Kier alpha value is -2.88. The van der Waals surface area contributed by atoms with Crippen molar-refractivity contribution in [2.24, 2.45) is 0 Å². The van der Waals surface area contributed by atoms with E-state index in [-0.39, 0.29) is 5.95 Å². The van der Waals surface area contributed by atoms with Crippen LogP contribution in [0.5, 0.6) is 0 Å². The van der Waals surface area contributed by atoms with E-state index in [4.69, 9.17) is 5.73 Å². The number of nitrogens with two attached hydrogens (primary N) is 1. The topological polar surface area (TPSA) is 111 Å². The zero-order valence-electron chi connectivity index (χ0n) is 17.7. The maximum absolute atomic E-state index is 5.96. The monoisotopic (exact) mass is 437 g/mol. The van der Waals surface area contributed by atoms with E-state index in [0.29, 0.717) is 23.6 Å². The van der Waals surface area contributed by atoms with Crippen molar-refractivity contribution in [2.75, 3.05) is 29.0 Å². The van der Waals surface area contributed by atoms with Crippen molar-refractivity contribution in [3.63, 3.8) is 0 Å². The molecule has 0 unspecified atom stereocenters. The molecule has 1 aromatic carbocycles. The summed E-state index contributed by atoms with van der Waals surface area (Å²) >= 11 is 1.61. The molecule has 0 amide bonds.